The summed E-state index contributed by atoms with van der Waals surface area (Å²) in [7, 11) is 0. The molecule has 0 unspecified atom stereocenters. The number of nitrogens with one attached hydrogen (secondary N) is 1. The quantitative estimate of drug-likeness (QED) is 0.690. The third-order valence-electron chi connectivity index (χ3n) is 4.39. The second kappa shape index (κ2) is 6.92. The molecule has 2 N–H and O–H groups in total. The Kier molecular flexibility index (Phi) is 4.47. The highest BCUT2D eigenvalue weighted by Gasteiger charge is 2.21. The van der Waals surface area contributed by atoms with Crippen LogP contribution in [-0.2, 0) is 6.42 Å². The van der Waals surface area contributed by atoms with Crippen LogP contribution in [0.25, 0.3) is 22.4 Å². The third-order valence-corrected chi connectivity index (χ3v) is 4.62. The molecular formula is C20H19ClN2O3. The van der Waals surface area contributed by atoms with Crippen LogP contribution in [0.2, 0.25) is 5.02 Å². The minimum Gasteiger partial charge on any atom is -0.507 e. The number of aromatic amines is 1. The van der Waals surface area contributed by atoms with Gasteiger partial charge in [0.15, 0.2) is 11.5 Å². The van der Waals surface area contributed by atoms with Gasteiger partial charge in [0.1, 0.15) is 24.7 Å². The van der Waals surface area contributed by atoms with Gasteiger partial charge in [0.25, 0.3) is 0 Å². The van der Waals surface area contributed by atoms with Crippen molar-refractivity contribution in [2.24, 2.45) is 0 Å². The molecule has 0 aliphatic carbocycles. The Labute approximate surface area is 156 Å². The van der Waals surface area contributed by atoms with Gasteiger partial charge in [0.2, 0.25) is 0 Å². The number of ether oxygens (including phenoxy) is 2. The molecule has 0 spiro atoms. The van der Waals surface area contributed by atoms with Crippen molar-refractivity contribution in [3.8, 4) is 39.6 Å². The van der Waals surface area contributed by atoms with E-state index in [1.54, 1.807) is 18.2 Å². The first-order chi connectivity index (χ1) is 12.7. The lowest BCUT2D eigenvalue weighted by Crippen LogP contribution is -2.15. The number of halogens is 1. The molecule has 0 bridgehead atoms. The molecule has 6 heteroatoms. The molecule has 2 aromatic carbocycles. The number of H-pyrrole nitrogens is 1. The Bertz CT molecular complexity index is 952. The standard InChI is InChI=1S/C20H19ClN2O3/c1-2-3-15-19(12-4-7-17-18(10-12)26-9-8-25-17)20(23-22-15)14-11-13(21)5-6-16(14)24/h4-7,10-11,24H,2-3,8-9H2,1H3,(H,22,23). The number of rotatable bonds is 4. The number of benzene rings is 2. The minimum absolute atomic E-state index is 0.141. The van der Waals surface area contributed by atoms with Gasteiger partial charge in [-0.2, -0.15) is 5.10 Å². The lowest BCUT2D eigenvalue weighted by atomic mass is 9.96. The van der Waals surface area contributed by atoms with Crippen molar-refractivity contribution in [3.63, 3.8) is 0 Å². The van der Waals surface area contributed by atoms with Gasteiger partial charge in [0.05, 0.1) is 0 Å². The number of phenols is 1. The average molecular weight is 371 g/mol. The molecular weight excluding hydrogens is 352 g/mol. The number of phenolic OH excluding ortho intramolecular Hbond substituents is 1. The topological polar surface area (TPSA) is 67.4 Å². The average Bonchev–Trinajstić information content (AvgIpc) is 3.07. The molecule has 0 amide bonds. The maximum atomic E-state index is 10.3. The van der Waals surface area contributed by atoms with Crippen LogP contribution in [0.5, 0.6) is 17.2 Å². The summed E-state index contributed by atoms with van der Waals surface area (Å²) in [5, 5.41) is 18.5. The summed E-state index contributed by atoms with van der Waals surface area (Å²) in [5.41, 5.74) is 4.19. The van der Waals surface area contributed by atoms with Gasteiger partial charge in [-0.25, -0.2) is 0 Å². The number of nitrogens with zero attached hydrogens (tertiary/aromatic N) is 1. The third kappa shape index (κ3) is 2.99. The Hall–Kier alpha value is -2.66. The largest absolute Gasteiger partial charge is 0.507 e. The molecule has 2 heterocycles. The second-order valence-corrected chi connectivity index (χ2v) is 6.63. The summed E-state index contributed by atoms with van der Waals surface area (Å²) in [4.78, 5) is 0. The number of aromatic nitrogens is 2. The first-order valence-electron chi connectivity index (χ1n) is 8.63. The molecule has 26 heavy (non-hydrogen) atoms. The fourth-order valence-corrected chi connectivity index (χ4v) is 3.38. The highest BCUT2D eigenvalue weighted by Crippen LogP contribution is 2.42. The molecule has 134 valence electrons. The van der Waals surface area contributed by atoms with Gasteiger partial charge < -0.3 is 14.6 Å². The normalized spacial score (nSPS) is 13.0. The van der Waals surface area contributed by atoms with Crippen molar-refractivity contribution in [1.29, 1.82) is 0 Å². The summed E-state index contributed by atoms with van der Waals surface area (Å²) < 4.78 is 11.3. The molecule has 1 aromatic heterocycles. The maximum absolute atomic E-state index is 10.3. The molecule has 0 fully saturated rings. The van der Waals surface area contributed by atoms with Crippen molar-refractivity contribution in [3.05, 3.63) is 47.1 Å². The Balaban J connectivity index is 1.89. The second-order valence-electron chi connectivity index (χ2n) is 6.20. The fourth-order valence-electron chi connectivity index (χ4n) is 3.21. The van der Waals surface area contributed by atoms with E-state index in [0.29, 0.717) is 29.5 Å². The summed E-state index contributed by atoms with van der Waals surface area (Å²) in [6.45, 7) is 3.21. The summed E-state index contributed by atoms with van der Waals surface area (Å²) >= 11 is 6.14. The summed E-state index contributed by atoms with van der Waals surface area (Å²) in [5.74, 6) is 1.61. The Morgan fingerprint density at radius 3 is 2.73 bits per heavy atom. The number of fused-ring (bicyclic) bond motifs is 1. The van der Waals surface area contributed by atoms with Crippen LogP contribution < -0.4 is 9.47 Å². The highest BCUT2D eigenvalue weighted by molar-refractivity contribution is 6.31. The Morgan fingerprint density at radius 1 is 1.12 bits per heavy atom. The minimum atomic E-state index is 0.141. The molecule has 1 aliphatic heterocycles. The van der Waals surface area contributed by atoms with Gasteiger partial charge in [-0.1, -0.05) is 31.0 Å². The number of hydrogen-bond donors (Lipinski definition) is 2. The van der Waals surface area contributed by atoms with Crippen molar-refractivity contribution in [1.82, 2.24) is 10.2 Å². The van der Waals surface area contributed by atoms with E-state index in [9.17, 15) is 5.11 Å². The van der Waals surface area contributed by atoms with Gasteiger partial charge >= 0.3 is 0 Å². The smallest absolute Gasteiger partial charge is 0.161 e. The fraction of sp³-hybridized carbons (Fsp3) is 0.250. The van der Waals surface area contributed by atoms with E-state index in [1.807, 2.05) is 18.2 Å². The van der Waals surface area contributed by atoms with Crippen LogP contribution in [0.15, 0.2) is 36.4 Å². The molecule has 0 radical (unpaired) electrons. The first-order valence-corrected chi connectivity index (χ1v) is 9.01. The SMILES string of the molecule is CCCc1[nH]nc(-c2cc(Cl)ccc2O)c1-c1ccc2c(c1)OCCO2. The van der Waals surface area contributed by atoms with Crippen molar-refractivity contribution in [2.45, 2.75) is 19.8 Å². The molecule has 0 saturated carbocycles. The van der Waals surface area contributed by atoms with E-state index in [0.717, 1.165) is 41.2 Å². The number of aromatic hydroxyl groups is 1. The van der Waals surface area contributed by atoms with Crippen LogP contribution in [0.1, 0.15) is 19.0 Å². The lowest BCUT2D eigenvalue weighted by Gasteiger charge is -2.19. The predicted octanol–water partition coefficient (Wildman–Crippen LogP) is 4.83. The number of aryl methyl sites for hydroxylation is 1. The van der Waals surface area contributed by atoms with E-state index < -0.39 is 0 Å². The molecule has 4 rings (SSSR count). The molecule has 3 aromatic rings. The maximum Gasteiger partial charge on any atom is 0.161 e. The van der Waals surface area contributed by atoms with E-state index >= 15 is 0 Å². The molecule has 5 nitrogen and oxygen atoms in total. The van der Waals surface area contributed by atoms with Crippen LogP contribution in [0, 0.1) is 0 Å². The van der Waals surface area contributed by atoms with E-state index in [1.165, 1.54) is 0 Å². The van der Waals surface area contributed by atoms with Gasteiger partial charge in [0, 0.05) is 21.8 Å². The zero-order chi connectivity index (χ0) is 18.1. The molecule has 0 saturated heterocycles. The zero-order valence-electron chi connectivity index (χ0n) is 14.4. The van der Waals surface area contributed by atoms with Crippen LogP contribution in [0.3, 0.4) is 0 Å². The summed E-state index contributed by atoms with van der Waals surface area (Å²) in [6, 6.07) is 10.8. The van der Waals surface area contributed by atoms with Crippen LogP contribution >= 0.6 is 11.6 Å². The Morgan fingerprint density at radius 2 is 1.92 bits per heavy atom. The lowest BCUT2D eigenvalue weighted by molar-refractivity contribution is 0.171. The number of hydrogen-bond acceptors (Lipinski definition) is 4. The predicted molar refractivity (Wildman–Crippen MR) is 101 cm³/mol. The zero-order valence-corrected chi connectivity index (χ0v) is 15.1. The first kappa shape index (κ1) is 16.8. The van der Waals surface area contributed by atoms with Crippen LogP contribution in [-0.4, -0.2) is 28.5 Å². The van der Waals surface area contributed by atoms with Crippen molar-refractivity contribution < 1.29 is 14.6 Å². The van der Waals surface area contributed by atoms with Crippen LogP contribution in [0.4, 0.5) is 0 Å². The molecule has 1 aliphatic rings. The monoisotopic (exact) mass is 370 g/mol. The van der Waals surface area contributed by atoms with Crippen molar-refractivity contribution >= 4 is 11.6 Å². The van der Waals surface area contributed by atoms with Gasteiger partial charge in [-0.3, -0.25) is 5.10 Å². The van der Waals surface area contributed by atoms with Crippen molar-refractivity contribution in [2.75, 3.05) is 13.2 Å². The molecule has 0 atom stereocenters. The van der Waals surface area contributed by atoms with Gasteiger partial charge in [-0.05, 0) is 42.3 Å². The van der Waals surface area contributed by atoms with E-state index in [-0.39, 0.29) is 5.75 Å². The highest BCUT2D eigenvalue weighted by atomic mass is 35.5. The van der Waals surface area contributed by atoms with E-state index in [2.05, 4.69) is 17.1 Å². The summed E-state index contributed by atoms with van der Waals surface area (Å²) in [6.07, 6.45) is 1.82. The van der Waals surface area contributed by atoms with Gasteiger partial charge in [-0.15, -0.1) is 0 Å². The van der Waals surface area contributed by atoms with E-state index in [4.69, 9.17) is 21.1 Å².